The first-order chi connectivity index (χ1) is 16.3. The van der Waals surface area contributed by atoms with E-state index in [9.17, 15) is 14.4 Å². The zero-order chi connectivity index (χ0) is 24.6. The number of hydrogen-bond acceptors (Lipinski definition) is 3. The molecule has 3 aromatic rings. The van der Waals surface area contributed by atoms with E-state index in [1.807, 2.05) is 39.0 Å². The molecule has 174 valence electrons. The fourth-order valence-corrected chi connectivity index (χ4v) is 4.66. The molecule has 4 amide bonds. The molecule has 1 aliphatic heterocycles. The summed E-state index contributed by atoms with van der Waals surface area (Å²) in [5, 5.41) is 2.33. The molecule has 0 spiro atoms. The van der Waals surface area contributed by atoms with Gasteiger partial charge in [-0.15, -0.1) is 0 Å². The Labute approximate surface area is 199 Å². The fraction of sp³-hybridized carbons (Fsp3) is 0.250. The first kappa shape index (κ1) is 23.2. The van der Waals surface area contributed by atoms with E-state index in [1.165, 1.54) is 5.56 Å². The molecule has 2 aromatic carbocycles. The predicted molar refractivity (Wildman–Crippen MR) is 134 cm³/mol. The number of nitrogens with one attached hydrogen (secondary N) is 1. The standard InChI is InChI=1S/C28H29N3O3/c1-6-20-12-8-9-14-24(20)31-27(33)23(26(32)29-28(31)34)16-22-15-18(4)30(19(22)5)25-17(3)11-10-13-21(25)7-2/h8-16H,6-7H2,1-5H3,(H,29,32,34)/b23-16+. The van der Waals surface area contributed by atoms with E-state index in [4.69, 9.17) is 0 Å². The quantitative estimate of drug-likeness (QED) is 0.425. The zero-order valence-electron chi connectivity index (χ0n) is 20.2. The molecule has 1 N–H and O–H groups in total. The second kappa shape index (κ2) is 9.14. The van der Waals surface area contributed by atoms with Gasteiger partial charge in [0.05, 0.1) is 11.4 Å². The molecule has 0 bridgehead atoms. The second-order valence-electron chi connectivity index (χ2n) is 8.54. The van der Waals surface area contributed by atoms with Crippen LogP contribution >= 0.6 is 0 Å². The van der Waals surface area contributed by atoms with Crippen molar-refractivity contribution in [3.05, 3.63) is 87.7 Å². The third-order valence-electron chi connectivity index (χ3n) is 6.41. The smallest absolute Gasteiger partial charge is 0.317 e. The third-order valence-corrected chi connectivity index (χ3v) is 6.41. The number of aryl methyl sites for hydroxylation is 4. The zero-order valence-corrected chi connectivity index (χ0v) is 20.2. The summed E-state index contributed by atoms with van der Waals surface area (Å²) in [7, 11) is 0. The van der Waals surface area contributed by atoms with Gasteiger partial charge < -0.3 is 4.57 Å². The Kier molecular flexibility index (Phi) is 6.24. The molecule has 6 heteroatoms. The highest BCUT2D eigenvalue weighted by Gasteiger charge is 2.37. The van der Waals surface area contributed by atoms with Gasteiger partial charge in [-0.3, -0.25) is 14.9 Å². The largest absolute Gasteiger partial charge is 0.335 e. The number of urea groups is 1. The maximum absolute atomic E-state index is 13.4. The van der Waals surface area contributed by atoms with Gasteiger partial charge in [0.25, 0.3) is 11.8 Å². The van der Waals surface area contributed by atoms with E-state index >= 15 is 0 Å². The molecular weight excluding hydrogens is 426 g/mol. The van der Waals surface area contributed by atoms with E-state index < -0.39 is 17.8 Å². The normalized spacial score (nSPS) is 15.3. The number of hydrogen-bond donors (Lipinski definition) is 1. The van der Waals surface area contributed by atoms with Gasteiger partial charge in [0.2, 0.25) is 0 Å². The van der Waals surface area contributed by atoms with Crippen molar-refractivity contribution < 1.29 is 14.4 Å². The van der Waals surface area contributed by atoms with Crippen molar-refractivity contribution in [3.8, 4) is 5.69 Å². The molecule has 0 saturated carbocycles. The molecule has 4 rings (SSSR count). The van der Waals surface area contributed by atoms with Crippen LogP contribution in [-0.2, 0) is 22.4 Å². The van der Waals surface area contributed by atoms with Crippen LogP contribution in [0, 0.1) is 20.8 Å². The van der Waals surface area contributed by atoms with E-state index in [-0.39, 0.29) is 5.57 Å². The molecule has 34 heavy (non-hydrogen) atoms. The van der Waals surface area contributed by atoms with Crippen LogP contribution in [0.1, 0.15) is 47.5 Å². The van der Waals surface area contributed by atoms with Crippen LogP contribution in [0.3, 0.4) is 0 Å². The van der Waals surface area contributed by atoms with E-state index in [0.29, 0.717) is 12.1 Å². The maximum Gasteiger partial charge on any atom is 0.335 e. The van der Waals surface area contributed by atoms with Gasteiger partial charge in [-0.1, -0.05) is 50.2 Å². The average molecular weight is 456 g/mol. The molecule has 6 nitrogen and oxygen atoms in total. The fourth-order valence-electron chi connectivity index (χ4n) is 4.66. The second-order valence-corrected chi connectivity index (χ2v) is 8.54. The number of benzene rings is 2. The molecular formula is C28H29N3O3. The van der Waals surface area contributed by atoms with Crippen LogP contribution in [0.4, 0.5) is 10.5 Å². The highest BCUT2D eigenvalue weighted by Crippen LogP contribution is 2.30. The number of barbiturate groups is 1. The van der Waals surface area contributed by atoms with Crippen LogP contribution in [0.25, 0.3) is 11.8 Å². The van der Waals surface area contributed by atoms with Crippen molar-refractivity contribution in [1.29, 1.82) is 0 Å². The third kappa shape index (κ3) is 3.85. The van der Waals surface area contributed by atoms with Crippen LogP contribution in [-0.4, -0.2) is 22.4 Å². The lowest BCUT2D eigenvalue weighted by atomic mass is 10.0. The monoisotopic (exact) mass is 455 g/mol. The van der Waals surface area contributed by atoms with Gasteiger partial charge in [0.15, 0.2) is 0 Å². The van der Waals surface area contributed by atoms with Crippen LogP contribution in [0.15, 0.2) is 54.1 Å². The van der Waals surface area contributed by atoms with E-state index in [2.05, 4.69) is 41.9 Å². The number of carbonyl (C=O) groups is 3. The van der Waals surface area contributed by atoms with Gasteiger partial charge in [0, 0.05) is 11.4 Å². The van der Waals surface area contributed by atoms with Crippen LogP contribution < -0.4 is 10.2 Å². The van der Waals surface area contributed by atoms with E-state index in [1.54, 1.807) is 18.2 Å². The van der Waals surface area contributed by atoms with Crippen molar-refractivity contribution in [2.24, 2.45) is 0 Å². The number of rotatable bonds is 5. The molecule has 0 unspecified atom stereocenters. The number of imide groups is 2. The highest BCUT2D eigenvalue weighted by molar-refractivity contribution is 6.39. The lowest BCUT2D eigenvalue weighted by Gasteiger charge is -2.28. The molecule has 2 heterocycles. The minimum absolute atomic E-state index is 0.0637. The number of para-hydroxylation sites is 2. The number of carbonyl (C=O) groups excluding carboxylic acids is 3. The van der Waals surface area contributed by atoms with Gasteiger partial charge in [0.1, 0.15) is 5.57 Å². The minimum Gasteiger partial charge on any atom is -0.317 e. The van der Waals surface area contributed by atoms with Gasteiger partial charge >= 0.3 is 6.03 Å². The van der Waals surface area contributed by atoms with Crippen molar-refractivity contribution in [3.63, 3.8) is 0 Å². The molecule has 1 fully saturated rings. The Balaban J connectivity index is 1.82. The lowest BCUT2D eigenvalue weighted by Crippen LogP contribution is -2.54. The molecule has 0 radical (unpaired) electrons. The summed E-state index contributed by atoms with van der Waals surface area (Å²) in [4.78, 5) is 39.8. The Morgan fingerprint density at radius 3 is 2.26 bits per heavy atom. The van der Waals surface area contributed by atoms with Crippen molar-refractivity contribution in [2.75, 3.05) is 4.90 Å². The highest BCUT2D eigenvalue weighted by atomic mass is 16.2. The summed E-state index contributed by atoms with van der Waals surface area (Å²) in [6, 6.07) is 14.7. The summed E-state index contributed by atoms with van der Waals surface area (Å²) in [5.41, 5.74) is 7.46. The number of anilines is 1. The van der Waals surface area contributed by atoms with Gasteiger partial charge in [-0.2, -0.15) is 0 Å². The summed E-state index contributed by atoms with van der Waals surface area (Å²) >= 11 is 0. The number of nitrogens with zero attached hydrogens (tertiary/aromatic N) is 2. The lowest BCUT2D eigenvalue weighted by molar-refractivity contribution is -0.122. The summed E-state index contributed by atoms with van der Waals surface area (Å²) in [6.45, 7) is 10.2. The van der Waals surface area contributed by atoms with Crippen molar-refractivity contribution >= 4 is 29.6 Å². The van der Waals surface area contributed by atoms with Crippen LogP contribution in [0.5, 0.6) is 0 Å². The first-order valence-electron chi connectivity index (χ1n) is 11.6. The predicted octanol–water partition coefficient (Wildman–Crippen LogP) is 5.19. The Morgan fingerprint density at radius 2 is 1.56 bits per heavy atom. The number of amides is 4. The molecule has 1 aromatic heterocycles. The Bertz CT molecular complexity index is 1350. The Morgan fingerprint density at radius 1 is 0.882 bits per heavy atom. The maximum atomic E-state index is 13.4. The average Bonchev–Trinajstić information content (AvgIpc) is 3.09. The number of aromatic nitrogens is 1. The Hall–Kier alpha value is -3.93. The molecule has 0 atom stereocenters. The topological polar surface area (TPSA) is 71.4 Å². The molecule has 0 aliphatic carbocycles. The first-order valence-corrected chi connectivity index (χ1v) is 11.6. The van der Waals surface area contributed by atoms with E-state index in [0.717, 1.165) is 45.1 Å². The molecule has 1 saturated heterocycles. The molecule has 1 aliphatic rings. The van der Waals surface area contributed by atoms with Crippen molar-refractivity contribution in [1.82, 2.24) is 9.88 Å². The van der Waals surface area contributed by atoms with Gasteiger partial charge in [-0.25, -0.2) is 9.69 Å². The summed E-state index contributed by atoms with van der Waals surface area (Å²) < 4.78 is 2.17. The summed E-state index contributed by atoms with van der Waals surface area (Å²) in [5.74, 6) is -1.31. The summed E-state index contributed by atoms with van der Waals surface area (Å²) in [6.07, 6.45) is 3.13. The SMILES string of the molecule is CCc1ccccc1N1C(=O)NC(=O)/C(=C\c2cc(C)n(-c3c(C)cccc3CC)c2C)C1=O. The van der Waals surface area contributed by atoms with Gasteiger partial charge in [-0.05, 0) is 74.1 Å². The van der Waals surface area contributed by atoms with Crippen LogP contribution in [0.2, 0.25) is 0 Å². The van der Waals surface area contributed by atoms with Crippen molar-refractivity contribution in [2.45, 2.75) is 47.5 Å². The minimum atomic E-state index is -0.731.